The average Bonchev–Trinajstić information content (AvgIpc) is 3.82. The molecule has 0 unspecified atom stereocenters. The van der Waals surface area contributed by atoms with E-state index >= 15 is 0 Å². The lowest BCUT2D eigenvalue weighted by Crippen LogP contribution is -2.10. The molecule has 3 aromatic heterocycles. The van der Waals surface area contributed by atoms with Crippen molar-refractivity contribution in [3.8, 4) is 11.5 Å². The second-order valence-corrected chi connectivity index (χ2v) is 13.7. The minimum atomic E-state index is 0.618. The summed E-state index contributed by atoms with van der Waals surface area (Å²) >= 11 is 3.68. The molecular weight excluding hydrogens is 601 g/mol. The van der Waals surface area contributed by atoms with Crippen molar-refractivity contribution in [2.75, 3.05) is 4.90 Å². The molecule has 0 aliphatic rings. The van der Waals surface area contributed by atoms with E-state index in [1.54, 1.807) is 0 Å². The molecule has 0 N–H and O–H groups in total. The predicted molar refractivity (Wildman–Crippen MR) is 197 cm³/mol. The van der Waals surface area contributed by atoms with Gasteiger partial charge in [-0.15, -0.1) is 22.7 Å². The van der Waals surface area contributed by atoms with Gasteiger partial charge in [-0.25, -0.2) is 4.98 Å². The Balaban J connectivity index is 1.29. The van der Waals surface area contributed by atoms with Crippen molar-refractivity contribution in [3.63, 3.8) is 0 Å². The molecular formula is C41H24N2OS2. The summed E-state index contributed by atoms with van der Waals surface area (Å²) in [6.45, 7) is 0. The summed E-state index contributed by atoms with van der Waals surface area (Å²) < 4.78 is 11.7. The molecule has 5 heteroatoms. The first-order chi connectivity index (χ1) is 22.8. The number of hydrogen-bond donors (Lipinski definition) is 0. The summed E-state index contributed by atoms with van der Waals surface area (Å²) in [6, 6.07) is 51.9. The third-order valence-corrected chi connectivity index (χ3v) is 11.2. The molecule has 0 aliphatic carbocycles. The van der Waals surface area contributed by atoms with Crippen LogP contribution in [-0.4, -0.2) is 4.98 Å². The lowest BCUT2D eigenvalue weighted by molar-refractivity contribution is 0.623. The summed E-state index contributed by atoms with van der Waals surface area (Å²) in [7, 11) is 0. The van der Waals surface area contributed by atoms with Gasteiger partial charge in [0.15, 0.2) is 5.58 Å². The average molecular weight is 625 g/mol. The van der Waals surface area contributed by atoms with Crippen molar-refractivity contribution in [1.82, 2.24) is 4.98 Å². The molecule has 0 aliphatic heterocycles. The molecule has 0 spiro atoms. The normalized spacial score (nSPS) is 11.9. The van der Waals surface area contributed by atoms with Crippen molar-refractivity contribution in [1.29, 1.82) is 0 Å². The van der Waals surface area contributed by atoms with Gasteiger partial charge in [-0.2, -0.15) is 0 Å². The molecule has 0 atom stereocenters. The van der Waals surface area contributed by atoms with Crippen LogP contribution < -0.4 is 4.90 Å². The summed E-state index contributed by atoms with van der Waals surface area (Å²) in [4.78, 5) is 7.56. The molecule has 0 radical (unpaired) electrons. The van der Waals surface area contributed by atoms with E-state index in [0.717, 1.165) is 44.5 Å². The Morgan fingerprint density at radius 3 is 1.91 bits per heavy atom. The highest BCUT2D eigenvalue weighted by molar-refractivity contribution is 7.26. The van der Waals surface area contributed by atoms with Crippen LogP contribution in [0.15, 0.2) is 150 Å². The van der Waals surface area contributed by atoms with E-state index in [1.807, 2.05) is 40.9 Å². The highest BCUT2D eigenvalue weighted by Gasteiger charge is 2.23. The maximum atomic E-state index is 6.62. The van der Waals surface area contributed by atoms with Crippen molar-refractivity contribution >= 4 is 102 Å². The topological polar surface area (TPSA) is 29.3 Å². The lowest BCUT2D eigenvalue weighted by Gasteiger charge is -2.26. The van der Waals surface area contributed by atoms with Crippen LogP contribution in [0.4, 0.5) is 17.1 Å². The smallest absolute Gasteiger partial charge is 0.227 e. The fourth-order valence-corrected chi connectivity index (χ4v) is 8.96. The molecule has 46 heavy (non-hydrogen) atoms. The first-order valence-corrected chi connectivity index (χ1v) is 16.9. The minimum absolute atomic E-state index is 0.618. The number of oxazole rings is 1. The molecule has 0 amide bonds. The Kier molecular flexibility index (Phi) is 5.61. The molecule has 10 aromatic rings. The maximum Gasteiger partial charge on any atom is 0.227 e. The Hall–Kier alpha value is -5.49. The van der Waals surface area contributed by atoms with Crippen LogP contribution in [0.5, 0.6) is 0 Å². The molecule has 0 saturated carbocycles. The maximum absolute atomic E-state index is 6.62. The van der Waals surface area contributed by atoms with Gasteiger partial charge in [0, 0.05) is 62.7 Å². The number of aromatic nitrogens is 1. The monoisotopic (exact) mass is 624 g/mol. The van der Waals surface area contributed by atoms with Gasteiger partial charge in [-0.1, -0.05) is 84.9 Å². The largest absolute Gasteiger partial charge is 0.435 e. The quantitative estimate of drug-likeness (QED) is 0.195. The van der Waals surface area contributed by atoms with Gasteiger partial charge in [0.1, 0.15) is 5.52 Å². The van der Waals surface area contributed by atoms with Crippen LogP contribution in [0.25, 0.3) is 73.7 Å². The van der Waals surface area contributed by atoms with Gasteiger partial charge < -0.3 is 9.32 Å². The summed E-state index contributed by atoms with van der Waals surface area (Å²) in [6.07, 6.45) is 0. The van der Waals surface area contributed by atoms with Crippen LogP contribution in [0.3, 0.4) is 0 Å². The Morgan fingerprint density at radius 2 is 1.09 bits per heavy atom. The molecule has 216 valence electrons. The SMILES string of the molecule is c1ccc(-c2nc3c(N(c4ccc5c(c4)sc4ccccc45)c4ccc5sc6ccccc6c5c4)cc4ccccc4c3o2)cc1. The highest BCUT2D eigenvalue weighted by atomic mass is 32.1. The Morgan fingerprint density at radius 1 is 0.478 bits per heavy atom. The zero-order valence-electron chi connectivity index (χ0n) is 24.5. The first kappa shape index (κ1) is 25.8. The van der Waals surface area contributed by atoms with Crippen molar-refractivity contribution in [3.05, 3.63) is 146 Å². The zero-order chi connectivity index (χ0) is 30.2. The van der Waals surface area contributed by atoms with Gasteiger partial charge >= 0.3 is 0 Å². The molecule has 0 bridgehead atoms. The Bertz CT molecular complexity index is 2770. The molecule has 3 nitrogen and oxygen atoms in total. The van der Waals surface area contributed by atoms with Crippen LogP contribution in [0.2, 0.25) is 0 Å². The van der Waals surface area contributed by atoms with Gasteiger partial charge in [-0.3, -0.25) is 0 Å². The fraction of sp³-hybridized carbons (Fsp3) is 0. The number of fused-ring (bicyclic) bond motifs is 9. The van der Waals surface area contributed by atoms with E-state index in [0.29, 0.717) is 5.89 Å². The van der Waals surface area contributed by atoms with Crippen LogP contribution in [-0.2, 0) is 0 Å². The number of nitrogens with zero attached hydrogens (tertiary/aromatic N) is 2. The molecule has 7 aromatic carbocycles. The third kappa shape index (κ3) is 3.92. The van der Waals surface area contributed by atoms with Crippen LogP contribution in [0.1, 0.15) is 0 Å². The number of rotatable bonds is 4. The second-order valence-electron chi connectivity index (χ2n) is 11.6. The fourth-order valence-electron chi connectivity index (χ4n) is 6.73. The second kappa shape index (κ2) is 10.0. The predicted octanol–water partition coefficient (Wildman–Crippen LogP) is 12.9. The first-order valence-electron chi connectivity index (χ1n) is 15.3. The van der Waals surface area contributed by atoms with Crippen LogP contribution >= 0.6 is 22.7 Å². The molecule has 10 rings (SSSR count). The van der Waals surface area contributed by atoms with Crippen LogP contribution in [0, 0.1) is 0 Å². The van der Waals surface area contributed by atoms with E-state index < -0.39 is 0 Å². The summed E-state index contributed by atoms with van der Waals surface area (Å²) in [5.41, 5.74) is 5.74. The van der Waals surface area contributed by atoms with Crippen molar-refractivity contribution < 1.29 is 4.42 Å². The van der Waals surface area contributed by atoms with Gasteiger partial charge in [-0.05, 0) is 66.0 Å². The molecule has 0 fully saturated rings. The van der Waals surface area contributed by atoms with E-state index in [1.165, 1.54) is 40.3 Å². The number of hydrogen-bond acceptors (Lipinski definition) is 5. The number of thiophene rings is 2. The number of anilines is 3. The lowest BCUT2D eigenvalue weighted by atomic mass is 10.1. The van der Waals surface area contributed by atoms with E-state index in [-0.39, 0.29) is 0 Å². The number of benzene rings is 7. The summed E-state index contributed by atoms with van der Waals surface area (Å²) in [5, 5.41) is 7.27. The minimum Gasteiger partial charge on any atom is -0.435 e. The zero-order valence-corrected chi connectivity index (χ0v) is 26.1. The highest BCUT2D eigenvalue weighted by Crippen LogP contribution is 2.46. The van der Waals surface area contributed by atoms with Crippen molar-refractivity contribution in [2.24, 2.45) is 0 Å². The molecule has 3 heterocycles. The van der Waals surface area contributed by atoms with E-state index in [9.17, 15) is 0 Å². The molecule has 0 saturated heterocycles. The third-order valence-electron chi connectivity index (χ3n) is 8.87. The van der Waals surface area contributed by atoms with E-state index in [2.05, 4.69) is 132 Å². The Labute approximate surface area is 272 Å². The standard InChI is InChI=1S/C41H24N2OS2/c1-2-10-25(11-3-1)41-42-39-34(22-26-12-4-5-13-29(26)40(39)44-41)43(27-19-21-37-33(23-27)31-15-7-9-17-36(31)45-37)28-18-20-32-30-14-6-8-16-35(30)46-38(32)24-28/h1-24H. The van der Waals surface area contributed by atoms with Crippen molar-refractivity contribution in [2.45, 2.75) is 0 Å². The van der Waals surface area contributed by atoms with E-state index in [4.69, 9.17) is 9.40 Å². The van der Waals surface area contributed by atoms with Gasteiger partial charge in [0.2, 0.25) is 5.89 Å². The van der Waals surface area contributed by atoms with Gasteiger partial charge in [0.05, 0.1) is 5.69 Å². The summed E-state index contributed by atoms with van der Waals surface area (Å²) in [5.74, 6) is 0.618. The van der Waals surface area contributed by atoms with Gasteiger partial charge in [0.25, 0.3) is 0 Å².